The maximum Gasteiger partial charge on any atom is 0.125 e. The second-order valence-corrected chi connectivity index (χ2v) is 6.95. The second-order valence-electron chi connectivity index (χ2n) is 6.95. The molecule has 3 heteroatoms. The first-order valence-corrected chi connectivity index (χ1v) is 8.45. The predicted octanol–water partition coefficient (Wildman–Crippen LogP) is 5.14. The summed E-state index contributed by atoms with van der Waals surface area (Å²) in [7, 11) is 0. The summed E-state index contributed by atoms with van der Waals surface area (Å²) in [5.41, 5.74) is 3.47. The van der Waals surface area contributed by atoms with E-state index in [-0.39, 0.29) is 5.82 Å². The number of rotatable bonds is 4. The number of benzene rings is 1. The first-order valence-electron chi connectivity index (χ1n) is 8.45. The Morgan fingerprint density at radius 3 is 2.64 bits per heavy atom. The maximum atomic E-state index is 13.3. The number of halogens is 1. The Kier molecular flexibility index (Phi) is 4.53. The highest BCUT2D eigenvalue weighted by molar-refractivity contribution is 5.84. The molecule has 0 spiro atoms. The molecule has 1 N–H and O–H groups in total. The number of hydrogen-bond acceptors (Lipinski definition) is 1. The summed E-state index contributed by atoms with van der Waals surface area (Å²) in [6, 6.07) is 5.07. The van der Waals surface area contributed by atoms with Crippen LogP contribution in [-0.4, -0.2) is 17.2 Å². The molecule has 1 aromatic heterocycles. The molecule has 0 radical (unpaired) electrons. The van der Waals surface area contributed by atoms with Gasteiger partial charge < -0.3 is 9.72 Å². The lowest BCUT2D eigenvalue weighted by molar-refractivity contribution is -0.0195. The molecule has 1 aliphatic carbocycles. The van der Waals surface area contributed by atoms with Crippen molar-refractivity contribution in [1.82, 2.24) is 4.98 Å². The van der Waals surface area contributed by atoms with Crippen LogP contribution in [0.3, 0.4) is 0 Å². The molecule has 3 rings (SSSR count). The molecule has 1 fully saturated rings. The number of ether oxygens (including phenoxy) is 1. The molecule has 0 unspecified atom stereocenters. The van der Waals surface area contributed by atoms with Crippen molar-refractivity contribution in [2.24, 2.45) is 5.92 Å². The Labute approximate surface area is 132 Å². The van der Waals surface area contributed by atoms with Gasteiger partial charge in [0.1, 0.15) is 5.82 Å². The van der Waals surface area contributed by atoms with E-state index in [9.17, 15) is 4.39 Å². The Bertz CT molecular complexity index is 638. The minimum atomic E-state index is -0.174. The fourth-order valence-corrected chi connectivity index (χ4v) is 3.77. The summed E-state index contributed by atoms with van der Waals surface area (Å²) < 4.78 is 19.3. The van der Waals surface area contributed by atoms with Crippen LogP contribution in [-0.2, 0) is 11.2 Å². The van der Waals surface area contributed by atoms with Crippen LogP contribution in [0.1, 0.15) is 50.8 Å². The largest absolute Gasteiger partial charge is 0.376 e. The Balaban J connectivity index is 1.68. The number of hydrogen-bond donors (Lipinski definition) is 1. The van der Waals surface area contributed by atoms with Gasteiger partial charge in [0.25, 0.3) is 0 Å². The third-order valence-corrected chi connectivity index (χ3v) is 4.83. The van der Waals surface area contributed by atoms with Crippen molar-refractivity contribution < 1.29 is 9.13 Å². The molecule has 22 heavy (non-hydrogen) atoms. The highest BCUT2D eigenvalue weighted by Crippen LogP contribution is 2.33. The number of H-pyrrole nitrogens is 1. The standard InChI is InChI=1S/C19H26FNO/c1-12(2)22-16-7-4-14(5-8-16)10-18-13(3)21-19-11-15(20)6-9-17(18)19/h6,9,11-12,14,16,21H,4-5,7-8,10H2,1-3H3. The number of nitrogens with one attached hydrogen (secondary N) is 1. The molecule has 1 aliphatic rings. The van der Waals surface area contributed by atoms with E-state index in [1.807, 2.05) is 6.07 Å². The van der Waals surface area contributed by atoms with Gasteiger partial charge in [0.2, 0.25) is 0 Å². The van der Waals surface area contributed by atoms with Gasteiger partial charge in [-0.15, -0.1) is 0 Å². The van der Waals surface area contributed by atoms with Gasteiger partial charge in [0, 0.05) is 16.6 Å². The van der Waals surface area contributed by atoms with Gasteiger partial charge in [-0.3, -0.25) is 0 Å². The Hall–Kier alpha value is -1.35. The van der Waals surface area contributed by atoms with Gasteiger partial charge in [-0.1, -0.05) is 0 Å². The van der Waals surface area contributed by atoms with E-state index >= 15 is 0 Å². The van der Waals surface area contributed by atoms with E-state index in [1.165, 1.54) is 42.3 Å². The number of aromatic amines is 1. The van der Waals surface area contributed by atoms with Gasteiger partial charge in [-0.05, 0) is 82.6 Å². The van der Waals surface area contributed by atoms with Crippen LogP contribution >= 0.6 is 0 Å². The van der Waals surface area contributed by atoms with Crippen molar-refractivity contribution in [3.63, 3.8) is 0 Å². The van der Waals surface area contributed by atoms with Gasteiger partial charge in [-0.25, -0.2) is 4.39 Å². The molecular weight excluding hydrogens is 277 g/mol. The zero-order valence-electron chi connectivity index (χ0n) is 13.8. The zero-order valence-corrected chi connectivity index (χ0v) is 13.8. The molecule has 1 saturated carbocycles. The SMILES string of the molecule is Cc1[nH]c2cc(F)ccc2c1CC1CCC(OC(C)C)CC1. The highest BCUT2D eigenvalue weighted by atomic mass is 19.1. The van der Waals surface area contributed by atoms with Crippen molar-refractivity contribution in [3.05, 3.63) is 35.3 Å². The van der Waals surface area contributed by atoms with E-state index < -0.39 is 0 Å². The van der Waals surface area contributed by atoms with Crippen molar-refractivity contribution in [2.45, 2.75) is 65.1 Å². The molecule has 0 aliphatic heterocycles. The van der Waals surface area contributed by atoms with Crippen LogP contribution in [0.25, 0.3) is 10.9 Å². The van der Waals surface area contributed by atoms with Gasteiger partial charge in [-0.2, -0.15) is 0 Å². The fraction of sp³-hybridized carbons (Fsp3) is 0.579. The van der Waals surface area contributed by atoms with E-state index in [0.29, 0.717) is 12.2 Å². The number of aryl methyl sites for hydroxylation is 1. The molecule has 0 saturated heterocycles. The number of aromatic nitrogens is 1. The first kappa shape index (κ1) is 15.5. The van der Waals surface area contributed by atoms with E-state index in [0.717, 1.165) is 17.9 Å². The van der Waals surface area contributed by atoms with Crippen LogP contribution in [0.15, 0.2) is 18.2 Å². The van der Waals surface area contributed by atoms with Crippen molar-refractivity contribution in [2.75, 3.05) is 0 Å². The summed E-state index contributed by atoms with van der Waals surface area (Å²) in [6.07, 6.45) is 6.64. The Morgan fingerprint density at radius 1 is 1.23 bits per heavy atom. The summed E-state index contributed by atoms with van der Waals surface area (Å²) in [5.74, 6) is 0.543. The zero-order chi connectivity index (χ0) is 15.7. The fourth-order valence-electron chi connectivity index (χ4n) is 3.77. The van der Waals surface area contributed by atoms with Crippen molar-refractivity contribution >= 4 is 10.9 Å². The smallest absolute Gasteiger partial charge is 0.125 e. The van der Waals surface area contributed by atoms with Crippen LogP contribution in [0.2, 0.25) is 0 Å². The molecule has 1 heterocycles. The number of fused-ring (bicyclic) bond motifs is 1. The minimum absolute atomic E-state index is 0.174. The summed E-state index contributed by atoms with van der Waals surface area (Å²) in [5, 5.41) is 1.18. The topological polar surface area (TPSA) is 25.0 Å². The summed E-state index contributed by atoms with van der Waals surface area (Å²) in [6.45, 7) is 6.32. The molecule has 0 bridgehead atoms. The van der Waals surface area contributed by atoms with E-state index in [1.54, 1.807) is 12.1 Å². The Morgan fingerprint density at radius 2 is 1.95 bits per heavy atom. The highest BCUT2D eigenvalue weighted by Gasteiger charge is 2.24. The third-order valence-electron chi connectivity index (χ3n) is 4.83. The van der Waals surface area contributed by atoms with Crippen molar-refractivity contribution in [3.8, 4) is 0 Å². The molecule has 120 valence electrons. The first-order chi connectivity index (χ1) is 10.5. The van der Waals surface area contributed by atoms with Crippen LogP contribution in [0.4, 0.5) is 4.39 Å². The van der Waals surface area contributed by atoms with Gasteiger partial charge in [0.15, 0.2) is 0 Å². The lowest BCUT2D eigenvalue weighted by Crippen LogP contribution is -2.25. The normalized spacial score (nSPS) is 22.6. The molecular formula is C19H26FNO. The quantitative estimate of drug-likeness (QED) is 0.831. The molecule has 0 atom stereocenters. The average molecular weight is 303 g/mol. The summed E-state index contributed by atoms with van der Waals surface area (Å²) in [4.78, 5) is 3.33. The van der Waals surface area contributed by atoms with Crippen molar-refractivity contribution in [1.29, 1.82) is 0 Å². The average Bonchev–Trinajstić information content (AvgIpc) is 2.75. The van der Waals surface area contributed by atoms with Crippen LogP contribution in [0, 0.1) is 18.7 Å². The van der Waals surface area contributed by atoms with Gasteiger partial charge in [0.05, 0.1) is 12.2 Å². The maximum absolute atomic E-state index is 13.3. The molecule has 2 aromatic rings. The molecule has 2 nitrogen and oxygen atoms in total. The lowest BCUT2D eigenvalue weighted by atomic mass is 9.83. The minimum Gasteiger partial charge on any atom is -0.376 e. The predicted molar refractivity (Wildman–Crippen MR) is 88.7 cm³/mol. The van der Waals surface area contributed by atoms with E-state index in [4.69, 9.17) is 4.74 Å². The third kappa shape index (κ3) is 3.35. The lowest BCUT2D eigenvalue weighted by Gasteiger charge is -2.30. The monoisotopic (exact) mass is 303 g/mol. The van der Waals surface area contributed by atoms with Gasteiger partial charge >= 0.3 is 0 Å². The summed E-state index contributed by atoms with van der Waals surface area (Å²) >= 11 is 0. The second kappa shape index (κ2) is 6.41. The molecule has 0 amide bonds. The van der Waals surface area contributed by atoms with Crippen LogP contribution in [0.5, 0.6) is 0 Å². The van der Waals surface area contributed by atoms with E-state index in [2.05, 4.69) is 25.8 Å². The molecule has 1 aromatic carbocycles. The van der Waals surface area contributed by atoms with Crippen LogP contribution < -0.4 is 0 Å².